The number of oxazole rings is 1. The van der Waals surface area contributed by atoms with E-state index in [4.69, 9.17) is 4.42 Å². The zero-order valence-corrected chi connectivity index (χ0v) is 9.84. The number of benzene rings is 1. The van der Waals surface area contributed by atoms with Crippen molar-refractivity contribution in [3.8, 4) is 0 Å². The van der Waals surface area contributed by atoms with E-state index in [2.05, 4.69) is 0 Å². The van der Waals surface area contributed by atoms with Crippen LogP contribution in [0.25, 0.3) is 11.1 Å². The Labute approximate surface area is 98.2 Å². The lowest BCUT2D eigenvalue weighted by Crippen LogP contribution is -2.19. The molecular formula is C12H14N2O3. The summed E-state index contributed by atoms with van der Waals surface area (Å²) in [6, 6.07) is 5.58. The third-order valence-electron chi connectivity index (χ3n) is 2.69. The van der Waals surface area contributed by atoms with Crippen LogP contribution in [0.15, 0.2) is 27.4 Å². The summed E-state index contributed by atoms with van der Waals surface area (Å²) in [5.41, 5.74) is 2.39. The number of likely N-dealkylation sites (N-methyl/N-ethyl adjacent to an activating group) is 1. The van der Waals surface area contributed by atoms with Crippen LogP contribution in [0.1, 0.15) is 5.56 Å². The molecule has 0 N–H and O–H groups in total. The summed E-state index contributed by atoms with van der Waals surface area (Å²) in [5, 5.41) is 0. The van der Waals surface area contributed by atoms with Gasteiger partial charge in [0.2, 0.25) is 0 Å². The van der Waals surface area contributed by atoms with Crippen LogP contribution in [0, 0.1) is 0 Å². The van der Waals surface area contributed by atoms with E-state index in [0.29, 0.717) is 18.7 Å². The Morgan fingerprint density at radius 2 is 2.24 bits per heavy atom. The number of aromatic nitrogens is 1. The highest BCUT2D eigenvalue weighted by Gasteiger charge is 2.07. The van der Waals surface area contributed by atoms with E-state index in [-0.39, 0.29) is 5.76 Å². The molecule has 0 atom stereocenters. The number of hydrogen-bond acceptors (Lipinski definition) is 4. The van der Waals surface area contributed by atoms with Crippen molar-refractivity contribution in [3.05, 3.63) is 34.3 Å². The Morgan fingerprint density at radius 3 is 2.94 bits per heavy atom. The SMILES string of the molecule is CN(CC=O)Cc1ccc2oc(=O)n(C)c2c1. The molecule has 5 heteroatoms. The fourth-order valence-electron chi connectivity index (χ4n) is 1.77. The molecule has 1 aromatic carbocycles. The van der Waals surface area contributed by atoms with Crippen molar-refractivity contribution in [1.82, 2.24) is 9.47 Å². The van der Waals surface area contributed by atoms with Gasteiger partial charge in [0.05, 0.1) is 12.1 Å². The fraction of sp³-hybridized carbons (Fsp3) is 0.333. The van der Waals surface area contributed by atoms with Gasteiger partial charge in [0.1, 0.15) is 6.29 Å². The van der Waals surface area contributed by atoms with Crippen LogP contribution >= 0.6 is 0 Å². The summed E-state index contributed by atoms with van der Waals surface area (Å²) in [6.07, 6.45) is 0.867. The first-order valence-corrected chi connectivity index (χ1v) is 5.32. The van der Waals surface area contributed by atoms with Crippen molar-refractivity contribution in [3.63, 3.8) is 0 Å². The zero-order valence-electron chi connectivity index (χ0n) is 9.84. The second-order valence-electron chi connectivity index (χ2n) is 4.09. The molecule has 0 aliphatic rings. The molecule has 17 heavy (non-hydrogen) atoms. The van der Waals surface area contributed by atoms with Crippen LogP contribution in [0.4, 0.5) is 0 Å². The molecule has 0 amide bonds. The van der Waals surface area contributed by atoms with E-state index in [1.54, 1.807) is 13.1 Å². The molecule has 0 fully saturated rings. The molecule has 0 bridgehead atoms. The number of fused-ring (bicyclic) bond motifs is 1. The lowest BCUT2D eigenvalue weighted by atomic mass is 10.2. The average Bonchev–Trinajstić information content (AvgIpc) is 2.56. The van der Waals surface area contributed by atoms with Crippen molar-refractivity contribution in [2.24, 2.45) is 7.05 Å². The predicted molar refractivity (Wildman–Crippen MR) is 63.9 cm³/mol. The van der Waals surface area contributed by atoms with E-state index in [0.717, 1.165) is 17.4 Å². The molecule has 0 spiro atoms. The second kappa shape index (κ2) is 4.55. The van der Waals surface area contributed by atoms with Crippen molar-refractivity contribution in [1.29, 1.82) is 0 Å². The van der Waals surface area contributed by atoms with Gasteiger partial charge >= 0.3 is 5.76 Å². The van der Waals surface area contributed by atoms with Gasteiger partial charge in [0.25, 0.3) is 0 Å². The van der Waals surface area contributed by atoms with E-state index in [1.165, 1.54) is 4.57 Å². The zero-order chi connectivity index (χ0) is 12.4. The number of carbonyl (C=O) groups excluding carboxylic acids is 1. The number of carbonyl (C=O) groups is 1. The van der Waals surface area contributed by atoms with Crippen LogP contribution in [0.2, 0.25) is 0 Å². The maximum atomic E-state index is 11.3. The molecule has 0 saturated heterocycles. The molecule has 0 aliphatic carbocycles. The maximum absolute atomic E-state index is 11.3. The van der Waals surface area contributed by atoms with Gasteiger partial charge in [-0.1, -0.05) is 6.07 Å². The summed E-state index contributed by atoms with van der Waals surface area (Å²) in [7, 11) is 3.54. The average molecular weight is 234 g/mol. The van der Waals surface area contributed by atoms with Crippen LogP contribution in [-0.4, -0.2) is 29.3 Å². The minimum Gasteiger partial charge on any atom is -0.408 e. The van der Waals surface area contributed by atoms with Gasteiger partial charge in [-0.2, -0.15) is 0 Å². The Morgan fingerprint density at radius 1 is 1.47 bits per heavy atom. The third kappa shape index (κ3) is 2.29. The van der Waals surface area contributed by atoms with Gasteiger partial charge in [-0.15, -0.1) is 0 Å². The van der Waals surface area contributed by atoms with Crippen LogP contribution in [-0.2, 0) is 18.4 Å². The fourth-order valence-corrected chi connectivity index (χ4v) is 1.77. The minimum atomic E-state index is -0.363. The van der Waals surface area contributed by atoms with Gasteiger partial charge in [-0.3, -0.25) is 9.47 Å². The number of aryl methyl sites for hydroxylation is 1. The second-order valence-corrected chi connectivity index (χ2v) is 4.09. The highest BCUT2D eigenvalue weighted by atomic mass is 16.4. The lowest BCUT2D eigenvalue weighted by molar-refractivity contribution is -0.108. The van der Waals surface area contributed by atoms with Crippen molar-refractivity contribution >= 4 is 17.4 Å². The Bertz CT molecular complexity index is 597. The monoisotopic (exact) mass is 234 g/mol. The number of rotatable bonds is 4. The first kappa shape index (κ1) is 11.6. The summed E-state index contributed by atoms with van der Waals surface area (Å²) >= 11 is 0. The molecule has 1 aromatic heterocycles. The molecule has 2 aromatic rings. The Balaban J connectivity index is 2.34. The normalized spacial score (nSPS) is 11.2. The van der Waals surface area contributed by atoms with Gasteiger partial charge in [-0.05, 0) is 24.7 Å². The third-order valence-corrected chi connectivity index (χ3v) is 2.69. The first-order chi connectivity index (χ1) is 8.11. The summed E-state index contributed by atoms with van der Waals surface area (Å²) in [6.45, 7) is 1.05. The van der Waals surface area contributed by atoms with E-state index < -0.39 is 0 Å². The van der Waals surface area contributed by atoms with Crippen molar-refractivity contribution in [2.75, 3.05) is 13.6 Å². The Kier molecular flexibility index (Phi) is 3.10. The topological polar surface area (TPSA) is 55.5 Å². The first-order valence-electron chi connectivity index (χ1n) is 5.32. The molecule has 90 valence electrons. The molecule has 2 rings (SSSR count). The predicted octanol–water partition coefficient (Wildman–Crippen LogP) is 0.762. The molecule has 0 radical (unpaired) electrons. The lowest BCUT2D eigenvalue weighted by Gasteiger charge is -2.12. The molecule has 0 aliphatic heterocycles. The van der Waals surface area contributed by atoms with Crippen molar-refractivity contribution in [2.45, 2.75) is 6.54 Å². The van der Waals surface area contributed by atoms with Gasteiger partial charge in [0, 0.05) is 13.6 Å². The quantitative estimate of drug-likeness (QED) is 0.733. The molecule has 1 heterocycles. The number of aldehydes is 1. The maximum Gasteiger partial charge on any atom is 0.419 e. The molecule has 0 unspecified atom stereocenters. The van der Waals surface area contributed by atoms with Crippen LogP contribution < -0.4 is 5.76 Å². The standard InChI is InChI=1S/C12H14N2O3/c1-13(5-6-15)8-9-3-4-11-10(7-9)14(2)12(16)17-11/h3-4,6-7H,5,8H2,1-2H3. The van der Waals surface area contributed by atoms with Crippen LogP contribution in [0.3, 0.4) is 0 Å². The number of hydrogen-bond donors (Lipinski definition) is 0. The Hall–Kier alpha value is -1.88. The van der Waals surface area contributed by atoms with Gasteiger partial charge in [0.15, 0.2) is 5.58 Å². The molecule has 0 saturated carbocycles. The van der Waals surface area contributed by atoms with Gasteiger partial charge in [-0.25, -0.2) is 4.79 Å². The highest BCUT2D eigenvalue weighted by Crippen LogP contribution is 2.15. The largest absolute Gasteiger partial charge is 0.419 e. The van der Waals surface area contributed by atoms with E-state index in [1.807, 2.05) is 24.1 Å². The molecule has 5 nitrogen and oxygen atoms in total. The van der Waals surface area contributed by atoms with Crippen LogP contribution in [0.5, 0.6) is 0 Å². The smallest absolute Gasteiger partial charge is 0.408 e. The summed E-state index contributed by atoms with van der Waals surface area (Å²) in [4.78, 5) is 23.6. The summed E-state index contributed by atoms with van der Waals surface area (Å²) < 4.78 is 6.51. The van der Waals surface area contributed by atoms with Crippen molar-refractivity contribution < 1.29 is 9.21 Å². The summed E-state index contributed by atoms with van der Waals surface area (Å²) in [5.74, 6) is -0.363. The van der Waals surface area contributed by atoms with E-state index >= 15 is 0 Å². The van der Waals surface area contributed by atoms with Gasteiger partial charge < -0.3 is 9.21 Å². The highest BCUT2D eigenvalue weighted by molar-refractivity contribution is 5.73. The minimum absolute atomic E-state index is 0.363. The van der Waals surface area contributed by atoms with E-state index in [9.17, 15) is 9.59 Å². The molecular weight excluding hydrogens is 220 g/mol. The number of nitrogens with zero attached hydrogens (tertiary/aromatic N) is 2.